The van der Waals surface area contributed by atoms with Crippen LogP contribution in [-0.4, -0.2) is 80.3 Å². The van der Waals surface area contributed by atoms with Crippen LogP contribution in [0.25, 0.3) is 0 Å². The van der Waals surface area contributed by atoms with Crippen molar-refractivity contribution in [3.05, 3.63) is 71.0 Å². The highest BCUT2D eigenvalue weighted by Gasteiger charge is 2.38. The first-order valence-corrected chi connectivity index (χ1v) is 11.8. The Morgan fingerprint density at radius 2 is 1.74 bits per heavy atom. The molecule has 1 saturated carbocycles. The Balaban J connectivity index is 1.30. The van der Waals surface area contributed by atoms with E-state index in [4.69, 9.17) is 4.74 Å². The van der Waals surface area contributed by atoms with Crippen molar-refractivity contribution in [3.63, 3.8) is 0 Å². The van der Waals surface area contributed by atoms with E-state index in [-0.39, 0.29) is 12.5 Å². The number of nitrogens with one attached hydrogen (secondary N) is 2. The van der Waals surface area contributed by atoms with E-state index in [9.17, 15) is 14.0 Å². The molecule has 0 radical (unpaired) electrons. The van der Waals surface area contributed by atoms with E-state index in [0.29, 0.717) is 37.3 Å². The van der Waals surface area contributed by atoms with Crippen LogP contribution in [0.1, 0.15) is 33.8 Å². The summed E-state index contributed by atoms with van der Waals surface area (Å²) < 4.78 is 19.0. The lowest BCUT2D eigenvalue weighted by Crippen LogP contribution is -2.55. The fraction of sp³-hybridized carbons (Fsp3) is 0.462. The van der Waals surface area contributed by atoms with Gasteiger partial charge >= 0.3 is 0 Å². The molecule has 4 rings (SSSR count). The summed E-state index contributed by atoms with van der Waals surface area (Å²) in [7, 11) is 2.02. The normalized spacial score (nSPS) is 21.2. The van der Waals surface area contributed by atoms with Gasteiger partial charge in [0.25, 0.3) is 5.91 Å². The van der Waals surface area contributed by atoms with Crippen molar-refractivity contribution in [2.45, 2.75) is 31.3 Å². The lowest BCUT2D eigenvalue weighted by atomic mass is 10.1. The Morgan fingerprint density at radius 3 is 2.41 bits per heavy atom. The molecule has 2 N–H and O–H groups in total. The SMILES string of the molecule is Cc1ccc([C@@H]2CC2NCOC[C@H](NC(=O)c2ccc(F)cc2)C(=O)N2CCN(C)CC2)cc1. The van der Waals surface area contributed by atoms with Crippen LogP contribution in [0.5, 0.6) is 0 Å². The molecule has 2 amide bonds. The van der Waals surface area contributed by atoms with Gasteiger partial charge in [0.05, 0.1) is 13.3 Å². The Morgan fingerprint density at radius 1 is 1.06 bits per heavy atom. The van der Waals surface area contributed by atoms with Gasteiger partial charge in [-0.3, -0.25) is 14.9 Å². The van der Waals surface area contributed by atoms with Gasteiger partial charge in [-0.05, 0) is 50.2 Å². The summed E-state index contributed by atoms with van der Waals surface area (Å²) in [4.78, 5) is 29.8. The van der Waals surface area contributed by atoms with Crippen LogP contribution in [0.15, 0.2) is 48.5 Å². The number of hydrogen-bond donors (Lipinski definition) is 2. The van der Waals surface area contributed by atoms with Gasteiger partial charge in [0, 0.05) is 43.7 Å². The highest BCUT2D eigenvalue weighted by Crippen LogP contribution is 2.40. The minimum absolute atomic E-state index is 0.0625. The zero-order chi connectivity index (χ0) is 24.1. The Bertz CT molecular complexity index is 975. The fourth-order valence-electron chi connectivity index (χ4n) is 4.21. The molecule has 2 aromatic carbocycles. The standard InChI is InChI=1S/C26H33FN4O3/c1-18-3-5-19(6-4-18)22-15-23(22)28-17-34-16-24(26(33)31-13-11-30(2)12-14-31)29-25(32)20-7-9-21(27)10-8-20/h3-10,22-24,28H,11-17H2,1-2H3,(H,29,32)/t22-,23?,24-/m0/s1. The number of ether oxygens (including phenoxy) is 1. The van der Waals surface area contributed by atoms with Crippen LogP contribution >= 0.6 is 0 Å². The van der Waals surface area contributed by atoms with Crippen molar-refractivity contribution in [3.8, 4) is 0 Å². The summed E-state index contributed by atoms with van der Waals surface area (Å²) in [6.07, 6.45) is 1.05. The number of nitrogens with zero attached hydrogens (tertiary/aromatic N) is 2. The second-order valence-corrected chi connectivity index (χ2v) is 9.24. The third-order valence-electron chi connectivity index (χ3n) is 6.55. The highest BCUT2D eigenvalue weighted by atomic mass is 19.1. The molecule has 2 fully saturated rings. The summed E-state index contributed by atoms with van der Waals surface area (Å²) in [6, 6.07) is 13.4. The number of carbonyl (C=O) groups is 2. The molecular formula is C26H33FN4O3. The minimum Gasteiger partial charge on any atom is -0.364 e. The molecular weight excluding hydrogens is 435 g/mol. The third kappa shape index (κ3) is 6.40. The quantitative estimate of drug-likeness (QED) is 0.436. The largest absolute Gasteiger partial charge is 0.364 e. The minimum atomic E-state index is -0.810. The molecule has 2 aromatic rings. The van der Waals surface area contributed by atoms with Crippen molar-refractivity contribution in [2.75, 3.05) is 46.6 Å². The average molecular weight is 469 g/mol. The molecule has 8 heteroatoms. The number of benzene rings is 2. The van der Waals surface area contributed by atoms with Gasteiger partial charge < -0.3 is 19.9 Å². The first-order valence-electron chi connectivity index (χ1n) is 11.8. The van der Waals surface area contributed by atoms with Crippen LogP contribution in [0.4, 0.5) is 4.39 Å². The van der Waals surface area contributed by atoms with Crippen LogP contribution in [0.2, 0.25) is 0 Å². The molecule has 3 atom stereocenters. The van der Waals surface area contributed by atoms with E-state index >= 15 is 0 Å². The molecule has 1 aliphatic carbocycles. The lowest BCUT2D eigenvalue weighted by Gasteiger charge is -2.34. The van der Waals surface area contributed by atoms with E-state index in [1.54, 1.807) is 4.90 Å². The molecule has 2 aliphatic rings. The lowest BCUT2D eigenvalue weighted by molar-refractivity contribution is -0.136. The molecule has 7 nitrogen and oxygen atoms in total. The number of piperazine rings is 1. The monoisotopic (exact) mass is 468 g/mol. The number of rotatable bonds is 9. The second kappa shape index (κ2) is 11.1. The van der Waals surface area contributed by atoms with Crippen LogP contribution in [-0.2, 0) is 9.53 Å². The Hall–Kier alpha value is -2.81. The van der Waals surface area contributed by atoms with Gasteiger partial charge in [-0.25, -0.2) is 4.39 Å². The maximum atomic E-state index is 13.2. The van der Waals surface area contributed by atoms with Gasteiger partial charge in [-0.15, -0.1) is 0 Å². The summed E-state index contributed by atoms with van der Waals surface area (Å²) in [5, 5.41) is 6.17. The number of carbonyl (C=O) groups excluding carboxylic acids is 2. The van der Waals surface area contributed by atoms with E-state index in [0.717, 1.165) is 19.5 Å². The average Bonchev–Trinajstić information content (AvgIpc) is 3.61. The maximum Gasteiger partial charge on any atom is 0.251 e. The Kier molecular flexibility index (Phi) is 7.92. The zero-order valence-electron chi connectivity index (χ0n) is 19.8. The Labute approximate surface area is 200 Å². The van der Waals surface area contributed by atoms with E-state index < -0.39 is 17.8 Å². The molecule has 0 bridgehead atoms. The number of aryl methyl sites for hydroxylation is 1. The molecule has 1 aliphatic heterocycles. The summed E-state index contributed by atoms with van der Waals surface area (Å²) >= 11 is 0. The summed E-state index contributed by atoms with van der Waals surface area (Å²) in [6.45, 7) is 5.23. The van der Waals surface area contributed by atoms with Gasteiger partial charge in [0.1, 0.15) is 11.9 Å². The van der Waals surface area contributed by atoms with Gasteiger partial charge in [-0.1, -0.05) is 29.8 Å². The first kappa shape index (κ1) is 24.3. The second-order valence-electron chi connectivity index (χ2n) is 9.24. The predicted molar refractivity (Wildman–Crippen MR) is 128 cm³/mol. The molecule has 0 aromatic heterocycles. The predicted octanol–water partition coefficient (Wildman–Crippen LogP) is 2.13. The number of amides is 2. The van der Waals surface area contributed by atoms with Gasteiger partial charge in [0.15, 0.2) is 0 Å². The molecule has 1 saturated heterocycles. The molecule has 1 heterocycles. The maximum absolute atomic E-state index is 13.2. The zero-order valence-corrected chi connectivity index (χ0v) is 19.8. The third-order valence-corrected chi connectivity index (χ3v) is 6.55. The van der Waals surface area contributed by atoms with Gasteiger partial charge in [-0.2, -0.15) is 0 Å². The smallest absolute Gasteiger partial charge is 0.251 e. The number of halogens is 1. The summed E-state index contributed by atoms with van der Waals surface area (Å²) in [5.74, 6) is -0.525. The van der Waals surface area contributed by atoms with E-state index in [1.807, 2.05) is 7.05 Å². The topological polar surface area (TPSA) is 73.9 Å². The van der Waals surface area contributed by atoms with Crippen molar-refractivity contribution < 1.29 is 18.7 Å². The van der Waals surface area contributed by atoms with Crippen LogP contribution in [0.3, 0.4) is 0 Å². The number of likely N-dealkylation sites (N-methyl/N-ethyl adjacent to an activating group) is 1. The number of hydrogen-bond acceptors (Lipinski definition) is 5. The summed E-state index contributed by atoms with van der Waals surface area (Å²) in [5.41, 5.74) is 2.86. The molecule has 1 unspecified atom stereocenters. The van der Waals surface area contributed by atoms with Crippen LogP contribution < -0.4 is 10.6 Å². The molecule has 34 heavy (non-hydrogen) atoms. The van der Waals surface area contributed by atoms with Crippen molar-refractivity contribution in [1.82, 2.24) is 20.4 Å². The van der Waals surface area contributed by atoms with E-state index in [1.165, 1.54) is 35.4 Å². The fourth-order valence-corrected chi connectivity index (χ4v) is 4.21. The van der Waals surface area contributed by atoms with Crippen molar-refractivity contribution in [2.24, 2.45) is 0 Å². The first-order chi connectivity index (χ1) is 16.4. The van der Waals surface area contributed by atoms with Crippen molar-refractivity contribution in [1.29, 1.82) is 0 Å². The molecule has 0 spiro atoms. The van der Waals surface area contributed by atoms with E-state index in [2.05, 4.69) is 46.7 Å². The highest BCUT2D eigenvalue weighted by molar-refractivity contribution is 5.97. The van der Waals surface area contributed by atoms with Crippen molar-refractivity contribution >= 4 is 11.8 Å². The van der Waals surface area contributed by atoms with Gasteiger partial charge in [0.2, 0.25) is 5.91 Å². The van der Waals surface area contributed by atoms with Crippen LogP contribution in [0, 0.1) is 12.7 Å². The molecule has 182 valence electrons.